The average Bonchev–Trinajstić information content (AvgIpc) is 2.29. The van der Waals surface area contributed by atoms with Crippen LogP contribution in [-0.4, -0.2) is 0 Å². The third-order valence-corrected chi connectivity index (χ3v) is 2.67. The third kappa shape index (κ3) is 2.59. The lowest BCUT2D eigenvalue weighted by molar-refractivity contribution is 0.586. The van der Waals surface area contributed by atoms with Crippen molar-refractivity contribution in [1.82, 2.24) is 0 Å². The molecule has 0 aliphatic heterocycles. The highest BCUT2D eigenvalue weighted by atomic mass is 14.1. The Morgan fingerprint density at radius 1 is 1.07 bits per heavy atom. The molecule has 0 nitrogen and oxygen atoms in total. The molecule has 1 atom stereocenters. The first-order valence-electron chi connectivity index (χ1n) is 5.33. The van der Waals surface area contributed by atoms with Crippen LogP contribution in [0.2, 0.25) is 0 Å². The van der Waals surface area contributed by atoms with E-state index in [1.165, 1.54) is 24.8 Å². The summed E-state index contributed by atoms with van der Waals surface area (Å²) < 4.78 is 0. The summed E-state index contributed by atoms with van der Waals surface area (Å²) in [6.45, 7) is 0. The maximum Gasteiger partial charge on any atom is -0.0193 e. The molecule has 1 unspecified atom stereocenters. The van der Waals surface area contributed by atoms with Gasteiger partial charge in [0.2, 0.25) is 0 Å². The van der Waals surface area contributed by atoms with Crippen molar-refractivity contribution in [1.29, 1.82) is 0 Å². The quantitative estimate of drug-likeness (QED) is 0.608. The molecule has 1 aromatic carbocycles. The fourth-order valence-corrected chi connectivity index (χ4v) is 1.80. The second-order valence-electron chi connectivity index (χ2n) is 3.81. The molecule has 0 saturated heterocycles. The first-order valence-corrected chi connectivity index (χ1v) is 5.33. The van der Waals surface area contributed by atoms with Gasteiger partial charge >= 0.3 is 0 Å². The van der Waals surface area contributed by atoms with Gasteiger partial charge in [-0.1, -0.05) is 54.6 Å². The van der Waals surface area contributed by atoms with Crippen LogP contribution in [0.4, 0.5) is 0 Å². The van der Waals surface area contributed by atoms with Gasteiger partial charge in [0.25, 0.3) is 0 Å². The molecule has 1 aromatic rings. The van der Waals surface area contributed by atoms with Crippen LogP contribution in [0, 0.1) is 5.92 Å². The zero-order valence-electron chi connectivity index (χ0n) is 8.39. The SMILES string of the molecule is C1=CCC(/C=C\c2ccccc2)CC1. The summed E-state index contributed by atoms with van der Waals surface area (Å²) in [6, 6.07) is 10.5. The van der Waals surface area contributed by atoms with Gasteiger partial charge in [0.1, 0.15) is 0 Å². The fraction of sp³-hybridized carbons (Fsp3) is 0.286. The van der Waals surface area contributed by atoms with Crippen molar-refractivity contribution in [2.24, 2.45) is 5.92 Å². The molecule has 1 aliphatic carbocycles. The number of allylic oxidation sites excluding steroid dienone is 3. The minimum Gasteiger partial charge on any atom is -0.0885 e. The van der Waals surface area contributed by atoms with Crippen molar-refractivity contribution in [3.63, 3.8) is 0 Å². The molecule has 0 N–H and O–H groups in total. The normalized spacial score (nSPS) is 21.6. The summed E-state index contributed by atoms with van der Waals surface area (Å²) in [5.74, 6) is 0.750. The van der Waals surface area contributed by atoms with Crippen molar-refractivity contribution in [2.45, 2.75) is 19.3 Å². The van der Waals surface area contributed by atoms with E-state index in [0.29, 0.717) is 0 Å². The van der Waals surface area contributed by atoms with Crippen molar-refractivity contribution < 1.29 is 0 Å². The van der Waals surface area contributed by atoms with E-state index < -0.39 is 0 Å². The van der Waals surface area contributed by atoms with E-state index in [0.717, 1.165) is 5.92 Å². The van der Waals surface area contributed by atoms with Gasteiger partial charge in [0.15, 0.2) is 0 Å². The minimum absolute atomic E-state index is 0.750. The van der Waals surface area contributed by atoms with Gasteiger partial charge in [0, 0.05) is 0 Å². The van der Waals surface area contributed by atoms with Crippen LogP contribution in [0.25, 0.3) is 6.08 Å². The van der Waals surface area contributed by atoms with Gasteiger partial charge in [-0.2, -0.15) is 0 Å². The highest BCUT2D eigenvalue weighted by Gasteiger charge is 2.04. The van der Waals surface area contributed by atoms with Gasteiger partial charge < -0.3 is 0 Å². The molecular weight excluding hydrogens is 168 g/mol. The standard InChI is InChI=1S/C14H16/c1-3-7-13(8-4-1)11-12-14-9-5-2-6-10-14/h1-5,7-8,11-12,14H,6,9-10H2/b12-11-. The van der Waals surface area contributed by atoms with Crippen molar-refractivity contribution in [3.05, 3.63) is 54.1 Å². The van der Waals surface area contributed by atoms with Crippen LogP contribution in [0.1, 0.15) is 24.8 Å². The Hall–Kier alpha value is -1.30. The minimum atomic E-state index is 0.750. The van der Waals surface area contributed by atoms with Crippen molar-refractivity contribution in [2.75, 3.05) is 0 Å². The zero-order valence-corrected chi connectivity index (χ0v) is 8.39. The summed E-state index contributed by atoms with van der Waals surface area (Å²) in [5, 5.41) is 0. The van der Waals surface area contributed by atoms with E-state index >= 15 is 0 Å². The van der Waals surface area contributed by atoms with Gasteiger partial charge in [-0.3, -0.25) is 0 Å². The van der Waals surface area contributed by atoms with E-state index in [4.69, 9.17) is 0 Å². The molecule has 2 rings (SSSR count). The van der Waals surface area contributed by atoms with Gasteiger partial charge in [-0.05, 0) is 30.7 Å². The Kier molecular flexibility index (Phi) is 3.18. The maximum atomic E-state index is 2.35. The number of hydrogen-bond donors (Lipinski definition) is 0. The Balaban J connectivity index is 1.97. The smallest absolute Gasteiger partial charge is 0.0193 e. The Bertz CT molecular complexity index is 319. The molecule has 0 amide bonds. The van der Waals surface area contributed by atoms with Crippen LogP contribution < -0.4 is 0 Å². The molecule has 0 spiro atoms. The van der Waals surface area contributed by atoms with Gasteiger partial charge in [0.05, 0.1) is 0 Å². The lowest BCUT2D eigenvalue weighted by Gasteiger charge is -2.12. The summed E-state index contributed by atoms with van der Waals surface area (Å²) in [4.78, 5) is 0. The molecule has 1 aliphatic rings. The van der Waals surface area contributed by atoms with Gasteiger partial charge in [-0.15, -0.1) is 0 Å². The van der Waals surface area contributed by atoms with E-state index in [2.05, 4.69) is 54.6 Å². The number of hydrogen-bond acceptors (Lipinski definition) is 0. The highest BCUT2D eigenvalue weighted by molar-refractivity contribution is 5.49. The second kappa shape index (κ2) is 4.80. The van der Waals surface area contributed by atoms with E-state index in [1.54, 1.807) is 0 Å². The summed E-state index contributed by atoms with van der Waals surface area (Å²) in [7, 11) is 0. The summed E-state index contributed by atoms with van der Waals surface area (Å²) in [5.41, 5.74) is 1.31. The highest BCUT2D eigenvalue weighted by Crippen LogP contribution is 2.20. The Labute approximate surface area is 86.0 Å². The molecule has 14 heavy (non-hydrogen) atoms. The molecule has 0 heteroatoms. The molecular formula is C14H16. The molecule has 0 radical (unpaired) electrons. The molecule has 0 bridgehead atoms. The van der Waals surface area contributed by atoms with Crippen LogP contribution in [0.5, 0.6) is 0 Å². The fourth-order valence-electron chi connectivity index (χ4n) is 1.80. The molecule has 0 aromatic heterocycles. The summed E-state index contributed by atoms with van der Waals surface area (Å²) >= 11 is 0. The van der Waals surface area contributed by atoms with Crippen molar-refractivity contribution >= 4 is 6.08 Å². The van der Waals surface area contributed by atoms with E-state index in [1.807, 2.05) is 0 Å². The average molecular weight is 184 g/mol. The van der Waals surface area contributed by atoms with Crippen LogP contribution >= 0.6 is 0 Å². The third-order valence-electron chi connectivity index (χ3n) is 2.67. The Morgan fingerprint density at radius 3 is 2.64 bits per heavy atom. The van der Waals surface area contributed by atoms with E-state index in [-0.39, 0.29) is 0 Å². The van der Waals surface area contributed by atoms with Crippen LogP contribution in [0.15, 0.2) is 48.6 Å². The zero-order chi connectivity index (χ0) is 9.64. The lowest BCUT2D eigenvalue weighted by atomic mass is 9.93. The first-order chi connectivity index (χ1) is 6.95. The van der Waals surface area contributed by atoms with Crippen LogP contribution in [0.3, 0.4) is 0 Å². The topological polar surface area (TPSA) is 0 Å². The Morgan fingerprint density at radius 2 is 1.93 bits per heavy atom. The van der Waals surface area contributed by atoms with E-state index in [9.17, 15) is 0 Å². The molecule has 0 saturated carbocycles. The van der Waals surface area contributed by atoms with Gasteiger partial charge in [-0.25, -0.2) is 0 Å². The maximum absolute atomic E-state index is 2.35. The summed E-state index contributed by atoms with van der Waals surface area (Å²) in [6.07, 6.45) is 12.9. The van der Waals surface area contributed by atoms with Crippen molar-refractivity contribution in [3.8, 4) is 0 Å². The van der Waals surface area contributed by atoms with Crippen LogP contribution in [-0.2, 0) is 0 Å². The second-order valence-corrected chi connectivity index (χ2v) is 3.81. The molecule has 0 heterocycles. The largest absolute Gasteiger partial charge is 0.0885 e. The monoisotopic (exact) mass is 184 g/mol. The predicted molar refractivity (Wildman–Crippen MR) is 62.0 cm³/mol. The molecule has 72 valence electrons. The predicted octanol–water partition coefficient (Wildman–Crippen LogP) is 4.06. The number of benzene rings is 1. The lowest BCUT2D eigenvalue weighted by Crippen LogP contribution is -1.97. The first kappa shape index (κ1) is 9.26. The molecule has 0 fully saturated rings. The number of rotatable bonds is 2.